The van der Waals surface area contributed by atoms with Gasteiger partial charge in [-0.05, 0) is 12.8 Å². The summed E-state index contributed by atoms with van der Waals surface area (Å²) < 4.78 is 4.48. The number of aliphatic hydroxyl groups is 1. The molecular formula is C8H14N3O3+. The molecule has 78 valence electrons. The van der Waals surface area contributed by atoms with Gasteiger partial charge in [0.25, 0.3) is 0 Å². The minimum Gasteiger partial charge on any atom is -0.391 e. The Labute approximate surface area is 80.5 Å². The summed E-state index contributed by atoms with van der Waals surface area (Å²) in [5.41, 5.74) is 2.53. The number of hydrogen-bond donors (Lipinski definition) is 3. The smallest absolute Gasteiger partial charge is 0.391 e. The lowest BCUT2D eigenvalue weighted by molar-refractivity contribution is -0.723. The fourth-order valence-corrected chi connectivity index (χ4v) is 1.76. The van der Waals surface area contributed by atoms with Gasteiger partial charge in [-0.25, -0.2) is 4.79 Å². The maximum Gasteiger partial charge on any atom is 0.430 e. The van der Waals surface area contributed by atoms with Crippen LogP contribution in [-0.2, 0) is 0 Å². The number of aromatic amines is 1. The van der Waals surface area contributed by atoms with Gasteiger partial charge in [0.15, 0.2) is 0 Å². The predicted octanol–water partition coefficient (Wildman–Crippen LogP) is -0.898. The Morgan fingerprint density at radius 3 is 3.00 bits per heavy atom. The molecule has 1 heterocycles. The molecule has 0 bridgehead atoms. The zero-order chi connectivity index (χ0) is 9.97. The van der Waals surface area contributed by atoms with E-state index in [-0.39, 0.29) is 12.1 Å². The standard InChI is InChI=1S/C8H13N3O3/c12-7-4-2-1-3-6(7)9-11-5-8(13)14-10-11/h5-7,12H,1-4H2,(H-,9,10,13)/p+1. The number of aliphatic hydroxyl groups excluding tert-OH is 1. The molecule has 1 fully saturated rings. The van der Waals surface area contributed by atoms with Gasteiger partial charge in [0, 0.05) is 10.1 Å². The molecule has 0 spiro atoms. The van der Waals surface area contributed by atoms with Crippen molar-refractivity contribution in [3.05, 3.63) is 16.6 Å². The summed E-state index contributed by atoms with van der Waals surface area (Å²) >= 11 is 0. The first-order chi connectivity index (χ1) is 6.75. The summed E-state index contributed by atoms with van der Waals surface area (Å²) in [6.45, 7) is 0. The molecule has 2 atom stereocenters. The van der Waals surface area contributed by atoms with Crippen LogP contribution in [0.1, 0.15) is 25.7 Å². The third-order valence-electron chi connectivity index (χ3n) is 2.51. The average Bonchev–Trinajstić information content (AvgIpc) is 2.56. The Balaban J connectivity index is 1.99. The van der Waals surface area contributed by atoms with E-state index in [0.29, 0.717) is 0 Å². The van der Waals surface area contributed by atoms with Gasteiger partial charge in [0.1, 0.15) is 6.04 Å². The Morgan fingerprint density at radius 1 is 1.57 bits per heavy atom. The van der Waals surface area contributed by atoms with Crippen LogP contribution in [0.2, 0.25) is 0 Å². The summed E-state index contributed by atoms with van der Waals surface area (Å²) in [5.74, 6) is 0. The minimum absolute atomic E-state index is 0.0120. The van der Waals surface area contributed by atoms with Gasteiger partial charge in [-0.1, -0.05) is 12.8 Å². The lowest BCUT2D eigenvalue weighted by Gasteiger charge is -2.24. The molecule has 0 saturated heterocycles. The van der Waals surface area contributed by atoms with E-state index in [1.54, 1.807) is 0 Å². The normalized spacial score (nSPS) is 27.5. The molecule has 2 rings (SSSR count). The van der Waals surface area contributed by atoms with Crippen molar-refractivity contribution in [2.75, 3.05) is 5.43 Å². The number of nitrogens with zero attached hydrogens (tertiary/aromatic N) is 1. The molecular weight excluding hydrogens is 186 g/mol. The fourth-order valence-electron chi connectivity index (χ4n) is 1.76. The highest BCUT2D eigenvalue weighted by Crippen LogP contribution is 2.17. The van der Waals surface area contributed by atoms with Gasteiger partial charge in [-0.15, -0.1) is 0 Å². The quantitative estimate of drug-likeness (QED) is 0.540. The number of H-pyrrole nitrogens is 1. The molecule has 1 aliphatic carbocycles. The van der Waals surface area contributed by atoms with Gasteiger partial charge in [0.2, 0.25) is 0 Å². The summed E-state index contributed by atoms with van der Waals surface area (Å²) in [4.78, 5) is 12.0. The van der Waals surface area contributed by atoms with Crippen LogP contribution in [0.3, 0.4) is 0 Å². The van der Waals surface area contributed by atoms with E-state index in [2.05, 4.69) is 15.2 Å². The lowest BCUT2D eigenvalue weighted by atomic mass is 9.93. The van der Waals surface area contributed by atoms with E-state index in [4.69, 9.17) is 0 Å². The largest absolute Gasteiger partial charge is 0.430 e. The van der Waals surface area contributed by atoms with Crippen LogP contribution in [0, 0.1) is 0 Å². The topological polar surface area (TPSA) is 82.1 Å². The van der Waals surface area contributed by atoms with Crippen LogP contribution in [0.4, 0.5) is 0 Å². The molecule has 6 heteroatoms. The zero-order valence-corrected chi connectivity index (χ0v) is 7.77. The second kappa shape index (κ2) is 3.83. The zero-order valence-electron chi connectivity index (χ0n) is 7.77. The number of rotatable bonds is 2. The maximum atomic E-state index is 10.7. The van der Waals surface area contributed by atoms with Crippen molar-refractivity contribution in [3.63, 3.8) is 0 Å². The van der Waals surface area contributed by atoms with Crippen molar-refractivity contribution in [1.82, 2.24) is 5.27 Å². The van der Waals surface area contributed by atoms with Gasteiger partial charge >= 0.3 is 11.8 Å². The maximum absolute atomic E-state index is 10.7. The summed E-state index contributed by atoms with van der Waals surface area (Å²) in [5, 5.41) is 12.0. The van der Waals surface area contributed by atoms with Gasteiger partial charge < -0.3 is 5.11 Å². The van der Waals surface area contributed by atoms with Crippen LogP contribution in [0.5, 0.6) is 0 Å². The molecule has 0 aliphatic heterocycles. The van der Waals surface area contributed by atoms with Gasteiger partial charge in [0.05, 0.1) is 6.10 Å². The number of aromatic nitrogens is 2. The first-order valence-electron chi connectivity index (χ1n) is 4.80. The van der Waals surface area contributed by atoms with E-state index in [9.17, 15) is 9.90 Å². The molecule has 1 aliphatic rings. The molecule has 1 saturated carbocycles. The first kappa shape index (κ1) is 9.26. The van der Waals surface area contributed by atoms with Crippen LogP contribution in [0.25, 0.3) is 0 Å². The third kappa shape index (κ3) is 1.95. The predicted molar refractivity (Wildman–Crippen MR) is 47.1 cm³/mol. The monoisotopic (exact) mass is 200 g/mol. The Morgan fingerprint density at radius 2 is 2.36 bits per heavy atom. The van der Waals surface area contributed by atoms with Crippen molar-refractivity contribution < 1.29 is 14.4 Å². The van der Waals surface area contributed by atoms with Crippen molar-refractivity contribution in [2.24, 2.45) is 0 Å². The molecule has 1 aromatic heterocycles. The van der Waals surface area contributed by atoms with E-state index < -0.39 is 5.63 Å². The molecule has 14 heavy (non-hydrogen) atoms. The van der Waals surface area contributed by atoms with Crippen molar-refractivity contribution in [1.29, 1.82) is 0 Å². The minimum atomic E-state index is -0.442. The summed E-state index contributed by atoms with van der Waals surface area (Å²) in [6, 6.07) is -0.0120. The summed E-state index contributed by atoms with van der Waals surface area (Å²) in [6.07, 6.45) is 4.78. The van der Waals surface area contributed by atoms with Crippen LogP contribution < -0.4 is 15.8 Å². The van der Waals surface area contributed by atoms with E-state index in [1.807, 2.05) is 0 Å². The van der Waals surface area contributed by atoms with Crippen molar-refractivity contribution >= 4 is 0 Å². The Kier molecular flexibility index (Phi) is 2.53. The number of hydrogen-bond acceptors (Lipinski definition) is 4. The van der Waals surface area contributed by atoms with Crippen LogP contribution >= 0.6 is 0 Å². The molecule has 2 unspecified atom stereocenters. The van der Waals surface area contributed by atoms with Crippen LogP contribution in [0.15, 0.2) is 15.5 Å². The molecule has 0 aromatic carbocycles. The molecule has 6 nitrogen and oxygen atoms in total. The van der Waals surface area contributed by atoms with Crippen molar-refractivity contribution in [3.8, 4) is 0 Å². The highest BCUT2D eigenvalue weighted by molar-refractivity contribution is 4.83. The number of nitrogens with one attached hydrogen (secondary N) is 2. The van der Waals surface area contributed by atoms with Gasteiger partial charge in [-0.3, -0.25) is 4.52 Å². The Bertz CT molecular complexity index is 346. The average molecular weight is 200 g/mol. The van der Waals surface area contributed by atoms with Crippen molar-refractivity contribution in [2.45, 2.75) is 37.8 Å². The van der Waals surface area contributed by atoms with E-state index in [0.717, 1.165) is 25.7 Å². The SMILES string of the molecule is O=c1c[n+](NC2CCCCC2O)[nH]o1. The molecule has 0 amide bonds. The fraction of sp³-hybridized carbons (Fsp3) is 0.750. The Hall–Kier alpha value is -1.30. The van der Waals surface area contributed by atoms with E-state index >= 15 is 0 Å². The summed E-state index contributed by atoms with van der Waals surface area (Å²) in [7, 11) is 0. The highest BCUT2D eigenvalue weighted by atomic mass is 16.5. The molecule has 3 N–H and O–H groups in total. The second-order valence-electron chi connectivity index (χ2n) is 3.60. The van der Waals surface area contributed by atoms with Gasteiger partial charge in [-0.2, -0.15) is 5.43 Å². The second-order valence-corrected chi connectivity index (χ2v) is 3.60. The van der Waals surface area contributed by atoms with Crippen LogP contribution in [-0.4, -0.2) is 22.5 Å². The first-order valence-corrected chi connectivity index (χ1v) is 4.80. The highest BCUT2D eigenvalue weighted by Gasteiger charge is 2.26. The van der Waals surface area contributed by atoms with E-state index in [1.165, 1.54) is 11.0 Å². The molecule has 1 aromatic rings. The third-order valence-corrected chi connectivity index (χ3v) is 2.51. The molecule has 0 radical (unpaired) electrons. The lowest BCUT2D eigenvalue weighted by Crippen LogP contribution is -2.56.